The van der Waals surface area contributed by atoms with E-state index in [1.54, 1.807) is 19.9 Å². The van der Waals surface area contributed by atoms with E-state index in [9.17, 15) is 14.0 Å². The molecule has 21 heavy (non-hydrogen) atoms. The van der Waals surface area contributed by atoms with Gasteiger partial charge in [0.25, 0.3) is 5.56 Å². The van der Waals surface area contributed by atoms with Crippen LogP contribution in [0, 0.1) is 5.82 Å². The molecule has 0 fully saturated rings. The normalized spacial score (nSPS) is 12.4. The monoisotopic (exact) mass is 308 g/mol. The number of ketones is 1. The average Bonchev–Trinajstić information content (AvgIpc) is 2.46. The van der Waals surface area contributed by atoms with Crippen LogP contribution < -0.4 is 5.56 Å². The first-order valence-electron chi connectivity index (χ1n) is 6.44. The molecular formula is C15H14ClFN2O2. The third kappa shape index (κ3) is 3.19. The van der Waals surface area contributed by atoms with Gasteiger partial charge in [-0.15, -0.1) is 11.6 Å². The number of benzene rings is 1. The second kappa shape index (κ2) is 6.18. The van der Waals surface area contributed by atoms with Crippen molar-refractivity contribution in [1.29, 1.82) is 0 Å². The Morgan fingerprint density at radius 2 is 1.90 bits per heavy atom. The second-order valence-corrected chi connectivity index (χ2v) is 5.28. The van der Waals surface area contributed by atoms with Crippen LogP contribution in [-0.4, -0.2) is 15.6 Å². The molecule has 1 heterocycles. The molecule has 0 spiro atoms. The summed E-state index contributed by atoms with van der Waals surface area (Å²) >= 11 is 6.10. The van der Waals surface area contributed by atoms with E-state index in [1.165, 1.54) is 35.0 Å². The van der Waals surface area contributed by atoms with Crippen molar-refractivity contribution in [2.75, 3.05) is 0 Å². The third-order valence-electron chi connectivity index (χ3n) is 2.96. The molecule has 2 rings (SSSR count). The average molecular weight is 309 g/mol. The van der Waals surface area contributed by atoms with E-state index >= 15 is 0 Å². The van der Waals surface area contributed by atoms with Gasteiger partial charge in [-0.25, -0.2) is 9.07 Å². The number of hydrogen-bond donors (Lipinski definition) is 0. The lowest BCUT2D eigenvalue weighted by Crippen LogP contribution is -2.26. The molecule has 0 saturated carbocycles. The van der Waals surface area contributed by atoms with Gasteiger partial charge in [0, 0.05) is 6.07 Å². The predicted molar refractivity (Wildman–Crippen MR) is 78.2 cm³/mol. The first kappa shape index (κ1) is 15.4. The van der Waals surface area contributed by atoms with Crippen molar-refractivity contribution in [2.45, 2.75) is 25.3 Å². The van der Waals surface area contributed by atoms with Gasteiger partial charge in [0.15, 0.2) is 5.78 Å². The van der Waals surface area contributed by atoms with E-state index in [2.05, 4.69) is 5.10 Å². The molecule has 6 heteroatoms. The van der Waals surface area contributed by atoms with Crippen LogP contribution >= 0.6 is 11.6 Å². The maximum atomic E-state index is 13.6. The number of Topliss-reactive ketones (excluding diaryl/α,β-unsaturated/α-hetero) is 1. The molecule has 0 bridgehead atoms. The molecular weight excluding hydrogens is 295 g/mol. The first-order chi connectivity index (χ1) is 9.91. The van der Waals surface area contributed by atoms with Crippen molar-refractivity contribution in [3.63, 3.8) is 0 Å². The summed E-state index contributed by atoms with van der Waals surface area (Å²) in [5, 5.41) is 2.93. The lowest BCUT2D eigenvalue weighted by atomic mass is 10.1. The Morgan fingerprint density at radius 3 is 2.52 bits per heavy atom. The largest absolute Gasteiger partial charge is 0.292 e. The highest BCUT2D eigenvalue weighted by molar-refractivity contribution is 6.33. The molecule has 1 aromatic carbocycles. The van der Waals surface area contributed by atoms with Crippen molar-refractivity contribution in [2.24, 2.45) is 0 Å². The van der Waals surface area contributed by atoms with Crippen LogP contribution in [0.1, 0.15) is 41.3 Å². The number of rotatable bonds is 4. The summed E-state index contributed by atoms with van der Waals surface area (Å²) in [4.78, 5) is 23.9. The summed E-state index contributed by atoms with van der Waals surface area (Å²) in [7, 11) is 0. The fraction of sp³-hybridized carbons (Fsp3) is 0.267. The maximum absolute atomic E-state index is 13.6. The zero-order valence-corrected chi connectivity index (χ0v) is 12.3. The van der Waals surface area contributed by atoms with Crippen LogP contribution in [0.3, 0.4) is 0 Å². The Kier molecular flexibility index (Phi) is 4.53. The van der Waals surface area contributed by atoms with Gasteiger partial charge in [0.05, 0.1) is 17.3 Å². The molecule has 0 saturated heterocycles. The highest BCUT2D eigenvalue weighted by Crippen LogP contribution is 2.24. The van der Waals surface area contributed by atoms with Crippen LogP contribution in [-0.2, 0) is 0 Å². The Hall–Kier alpha value is -2.01. The van der Waals surface area contributed by atoms with Crippen molar-refractivity contribution in [3.05, 3.63) is 63.8 Å². The quantitative estimate of drug-likeness (QED) is 0.644. The Bertz CT molecular complexity index is 728. The SMILES string of the molecule is CC(C)n1nc(C(Cl)C(=O)c2ccccc2F)ccc1=O. The lowest BCUT2D eigenvalue weighted by molar-refractivity contribution is 0.0981. The van der Waals surface area contributed by atoms with Crippen molar-refractivity contribution >= 4 is 17.4 Å². The van der Waals surface area contributed by atoms with E-state index in [0.29, 0.717) is 0 Å². The standard InChI is InChI=1S/C15H14ClFN2O2/c1-9(2)19-13(20)8-7-12(18-19)14(16)15(21)10-5-3-4-6-11(10)17/h3-9,14H,1-2H3. The van der Waals surface area contributed by atoms with E-state index in [4.69, 9.17) is 11.6 Å². The van der Waals surface area contributed by atoms with Crippen LogP contribution in [0.25, 0.3) is 0 Å². The number of halogens is 2. The first-order valence-corrected chi connectivity index (χ1v) is 6.88. The number of alkyl halides is 1. The Labute approximate surface area is 126 Å². The zero-order chi connectivity index (χ0) is 15.6. The van der Waals surface area contributed by atoms with Gasteiger partial charge in [-0.3, -0.25) is 9.59 Å². The minimum Gasteiger partial charge on any atom is -0.292 e. The third-order valence-corrected chi connectivity index (χ3v) is 3.39. The summed E-state index contributed by atoms with van der Waals surface area (Å²) in [5.41, 5.74) is -0.157. The van der Waals surface area contributed by atoms with Crippen LogP contribution in [0.15, 0.2) is 41.2 Å². The highest BCUT2D eigenvalue weighted by Gasteiger charge is 2.24. The van der Waals surface area contributed by atoms with Crippen molar-refractivity contribution in [3.8, 4) is 0 Å². The number of hydrogen-bond acceptors (Lipinski definition) is 3. The smallest absolute Gasteiger partial charge is 0.266 e. The van der Waals surface area contributed by atoms with Gasteiger partial charge >= 0.3 is 0 Å². The molecule has 4 nitrogen and oxygen atoms in total. The molecule has 0 aliphatic heterocycles. The molecule has 110 valence electrons. The van der Waals surface area contributed by atoms with Gasteiger partial charge in [-0.1, -0.05) is 12.1 Å². The van der Waals surface area contributed by atoms with Crippen LogP contribution in [0.4, 0.5) is 4.39 Å². The van der Waals surface area contributed by atoms with Gasteiger partial charge in [-0.05, 0) is 32.0 Å². The highest BCUT2D eigenvalue weighted by atomic mass is 35.5. The summed E-state index contributed by atoms with van der Waals surface area (Å²) in [6.45, 7) is 3.58. The molecule has 1 unspecified atom stereocenters. The number of aromatic nitrogens is 2. The predicted octanol–water partition coefficient (Wildman–Crippen LogP) is 3.13. The Morgan fingerprint density at radius 1 is 1.24 bits per heavy atom. The molecule has 0 N–H and O–H groups in total. The topological polar surface area (TPSA) is 52.0 Å². The Balaban J connectivity index is 2.39. The maximum Gasteiger partial charge on any atom is 0.266 e. The molecule has 1 aromatic heterocycles. The van der Waals surface area contributed by atoms with E-state index in [-0.39, 0.29) is 22.9 Å². The fourth-order valence-corrected chi connectivity index (χ4v) is 2.11. The fourth-order valence-electron chi connectivity index (χ4n) is 1.88. The zero-order valence-electron chi connectivity index (χ0n) is 11.6. The van der Waals surface area contributed by atoms with Crippen LogP contribution in [0.2, 0.25) is 0 Å². The van der Waals surface area contributed by atoms with E-state index in [1.807, 2.05) is 0 Å². The van der Waals surface area contributed by atoms with Crippen molar-refractivity contribution in [1.82, 2.24) is 9.78 Å². The second-order valence-electron chi connectivity index (χ2n) is 4.84. The number of carbonyl (C=O) groups excluding carboxylic acids is 1. The minimum atomic E-state index is -1.15. The summed E-state index contributed by atoms with van der Waals surface area (Å²) in [5.74, 6) is -1.22. The van der Waals surface area contributed by atoms with Crippen LogP contribution in [0.5, 0.6) is 0 Å². The van der Waals surface area contributed by atoms with Gasteiger partial charge in [-0.2, -0.15) is 5.10 Å². The summed E-state index contributed by atoms with van der Waals surface area (Å²) in [6.07, 6.45) is 0. The molecule has 0 radical (unpaired) electrons. The minimum absolute atomic E-state index is 0.0957. The van der Waals surface area contributed by atoms with E-state index in [0.717, 1.165) is 0 Å². The lowest BCUT2D eigenvalue weighted by Gasteiger charge is -2.13. The summed E-state index contributed by atoms with van der Waals surface area (Å²) in [6, 6.07) is 8.13. The molecule has 1 atom stereocenters. The summed E-state index contributed by atoms with van der Waals surface area (Å²) < 4.78 is 14.9. The molecule has 0 amide bonds. The molecule has 2 aromatic rings. The molecule has 0 aliphatic carbocycles. The molecule has 0 aliphatic rings. The van der Waals surface area contributed by atoms with Gasteiger partial charge in [0.1, 0.15) is 11.2 Å². The number of carbonyl (C=O) groups is 1. The van der Waals surface area contributed by atoms with Gasteiger partial charge in [0.2, 0.25) is 0 Å². The van der Waals surface area contributed by atoms with Crippen molar-refractivity contribution < 1.29 is 9.18 Å². The van der Waals surface area contributed by atoms with E-state index < -0.39 is 17.0 Å². The van der Waals surface area contributed by atoms with Gasteiger partial charge < -0.3 is 0 Å². The number of nitrogens with zero attached hydrogens (tertiary/aromatic N) is 2.